The predicted octanol–water partition coefficient (Wildman–Crippen LogP) is 3.95. The van der Waals surface area contributed by atoms with Crippen LogP contribution >= 0.6 is 34.7 Å². The van der Waals surface area contributed by atoms with Crippen LogP contribution in [0.4, 0.5) is 20.8 Å². The third-order valence-corrected chi connectivity index (χ3v) is 11.1. The lowest BCUT2D eigenvalue weighted by atomic mass is 10.2. The highest BCUT2D eigenvalue weighted by molar-refractivity contribution is 8.00. The lowest BCUT2D eigenvalue weighted by molar-refractivity contribution is -0.137. The van der Waals surface area contributed by atoms with Gasteiger partial charge in [-0.25, -0.2) is 46.8 Å². The fourth-order valence-electron chi connectivity index (χ4n) is 4.88. The largest absolute Gasteiger partial charge is 0.468 e. The molecule has 21 heteroatoms. The standard InChI is InChI=1S/C17H18N4O6S.C15H15ClFN3O3S2/c1-10-7-11(2)19-16(18-10)20-17(23)21-28(24,25)14-6-4-3-5-13(14)15(22)27-12-8-26-9-12;1-23-13(21)8-24-12-7-11(10(17)6-9(12)16)18-14-19-4-2-3-5-20(19)15(22)25-14/h3-7,12H,8-9H2,1-2H3,(H2,18,19,20,21,23);6-7H,2-5,8H2,1H3/b;18-14-. The number of methoxy groups -OCH3 is 1. The lowest BCUT2D eigenvalue weighted by Crippen LogP contribution is -2.39. The zero-order chi connectivity index (χ0) is 38.3. The molecule has 16 nitrogen and oxygen atoms in total. The molecule has 1 saturated heterocycles. The summed E-state index contributed by atoms with van der Waals surface area (Å²) in [6.07, 6.45) is 1.48. The highest BCUT2D eigenvalue weighted by Crippen LogP contribution is 2.33. The van der Waals surface area contributed by atoms with E-state index in [9.17, 15) is 32.0 Å². The summed E-state index contributed by atoms with van der Waals surface area (Å²) in [5.41, 5.74) is 1.12. The molecule has 6 rings (SSSR count). The number of amides is 2. The minimum Gasteiger partial charge on any atom is -0.468 e. The zero-order valence-electron chi connectivity index (χ0n) is 28.5. The maximum absolute atomic E-state index is 14.3. The Morgan fingerprint density at radius 1 is 1.09 bits per heavy atom. The molecule has 2 N–H and O–H groups in total. The van der Waals surface area contributed by atoms with E-state index >= 15 is 0 Å². The van der Waals surface area contributed by atoms with Crippen molar-refractivity contribution in [2.75, 3.05) is 31.4 Å². The average Bonchev–Trinajstić information content (AvgIpc) is 3.40. The highest BCUT2D eigenvalue weighted by atomic mass is 35.5. The second-order valence-electron chi connectivity index (χ2n) is 11.4. The third kappa shape index (κ3) is 10.3. The number of nitrogens with zero attached hydrogens (tertiary/aromatic N) is 5. The molecule has 2 amide bonds. The first kappa shape index (κ1) is 39.6. The topological polar surface area (TPSA) is 202 Å². The molecule has 0 spiro atoms. The Bertz CT molecular complexity index is 2250. The van der Waals surface area contributed by atoms with Crippen molar-refractivity contribution in [1.82, 2.24) is 24.1 Å². The summed E-state index contributed by atoms with van der Waals surface area (Å²) < 4.78 is 59.4. The van der Waals surface area contributed by atoms with Gasteiger partial charge in [-0.2, -0.15) is 0 Å². The smallest absolute Gasteiger partial charge is 0.339 e. The number of carbonyl (C=O) groups excluding carboxylic acids is 3. The number of carbonyl (C=O) groups is 3. The molecule has 0 radical (unpaired) electrons. The molecule has 0 atom stereocenters. The fourth-order valence-corrected chi connectivity index (χ4v) is 7.97. The van der Waals surface area contributed by atoms with Crippen LogP contribution in [0.15, 0.2) is 62.0 Å². The van der Waals surface area contributed by atoms with E-state index in [0.29, 0.717) is 34.2 Å². The number of rotatable bonds is 9. The summed E-state index contributed by atoms with van der Waals surface area (Å²) in [5, 5.41) is 2.46. The van der Waals surface area contributed by atoms with Crippen LogP contribution in [0.3, 0.4) is 0 Å². The van der Waals surface area contributed by atoms with Crippen molar-refractivity contribution in [1.29, 1.82) is 0 Å². The Morgan fingerprint density at radius 2 is 1.77 bits per heavy atom. The summed E-state index contributed by atoms with van der Waals surface area (Å²) in [6.45, 7) is 5.27. The quantitative estimate of drug-likeness (QED) is 0.182. The van der Waals surface area contributed by atoms with Crippen molar-refractivity contribution in [3.63, 3.8) is 0 Å². The van der Waals surface area contributed by atoms with Gasteiger partial charge in [0.15, 0.2) is 0 Å². The molecule has 4 aromatic rings. The van der Waals surface area contributed by atoms with Gasteiger partial charge in [0.2, 0.25) is 10.7 Å². The molecule has 53 heavy (non-hydrogen) atoms. The second kappa shape index (κ2) is 17.5. The van der Waals surface area contributed by atoms with E-state index in [4.69, 9.17) is 21.1 Å². The number of anilines is 1. The fraction of sp³-hybridized carbons (Fsp3) is 0.344. The molecular weight excluding hydrogens is 777 g/mol. The summed E-state index contributed by atoms with van der Waals surface area (Å²) in [7, 11) is -3.05. The molecular formula is C32H33ClFN7O9S3. The van der Waals surface area contributed by atoms with Crippen molar-refractivity contribution in [2.45, 2.75) is 55.7 Å². The second-order valence-corrected chi connectivity index (χ2v) is 15.4. The monoisotopic (exact) mass is 809 g/mol. The first-order valence-corrected chi connectivity index (χ1v) is 19.5. The van der Waals surface area contributed by atoms with Crippen molar-refractivity contribution < 1.29 is 41.4 Å². The maximum Gasteiger partial charge on any atom is 0.339 e. The van der Waals surface area contributed by atoms with Crippen LogP contribution in [0.25, 0.3) is 0 Å². The molecule has 1 fully saturated rings. The van der Waals surface area contributed by atoms with Gasteiger partial charge >= 0.3 is 22.8 Å². The molecule has 0 saturated carbocycles. The normalized spacial score (nSPS) is 14.2. The van der Waals surface area contributed by atoms with Gasteiger partial charge in [0, 0.05) is 29.4 Å². The predicted molar refractivity (Wildman–Crippen MR) is 192 cm³/mol. The summed E-state index contributed by atoms with van der Waals surface area (Å²) in [4.78, 5) is 60.5. The van der Waals surface area contributed by atoms with E-state index in [0.717, 1.165) is 42.0 Å². The van der Waals surface area contributed by atoms with E-state index in [1.54, 1.807) is 29.3 Å². The summed E-state index contributed by atoms with van der Waals surface area (Å²) in [6, 6.07) is 8.73. The van der Waals surface area contributed by atoms with Crippen molar-refractivity contribution in [3.05, 3.63) is 84.7 Å². The van der Waals surface area contributed by atoms with Gasteiger partial charge in [-0.15, -0.1) is 11.8 Å². The SMILES string of the molecule is COC(=O)CSc1cc(/N=c2\sc(=O)n3n2CCCC3)c(F)cc1Cl.Cc1cc(C)nc(NC(=O)NS(=O)(=O)c2ccccc2C(=O)OC2COC2)n1. The number of benzene rings is 2. The first-order chi connectivity index (χ1) is 25.2. The molecule has 2 aliphatic rings. The third-order valence-electron chi connectivity index (χ3n) is 7.39. The van der Waals surface area contributed by atoms with Crippen molar-refractivity contribution in [3.8, 4) is 0 Å². The maximum atomic E-state index is 14.3. The Morgan fingerprint density at radius 3 is 2.43 bits per heavy atom. The van der Waals surface area contributed by atoms with Gasteiger partial charge < -0.3 is 14.2 Å². The Labute approximate surface area is 315 Å². The molecule has 2 aromatic heterocycles. The number of thioether (sulfide) groups is 1. The lowest BCUT2D eigenvalue weighted by Gasteiger charge is -2.25. The number of ether oxygens (including phenoxy) is 3. The average molecular weight is 810 g/mol. The highest BCUT2D eigenvalue weighted by Gasteiger charge is 2.29. The van der Waals surface area contributed by atoms with Gasteiger partial charge in [0.1, 0.15) is 22.5 Å². The van der Waals surface area contributed by atoms with E-state index in [-0.39, 0.29) is 51.0 Å². The van der Waals surface area contributed by atoms with E-state index in [2.05, 4.69) is 25.0 Å². The van der Waals surface area contributed by atoms with Crippen LogP contribution in [0, 0.1) is 19.7 Å². The van der Waals surface area contributed by atoms with E-state index in [1.165, 1.54) is 37.4 Å². The number of aromatic nitrogens is 4. The van der Waals surface area contributed by atoms with Gasteiger partial charge in [-0.1, -0.05) is 23.7 Å². The Hall–Kier alpha value is -4.63. The molecule has 2 aliphatic heterocycles. The zero-order valence-corrected chi connectivity index (χ0v) is 31.7. The Kier molecular flexibility index (Phi) is 13.0. The van der Waals surface area contributed by atoms with Gasteiger partial charge in [0.25, 0.3) is 10.0 Å². The number of aryl methyl sites for hydroxylation is 2. The summed E-state index contributed by atoms with van der Waals surface area (Å²) >= 11 is 8.17. The van der Waals surface area contributed by atoms with Crippen LogP contribution in [-0.2, 0) is 42.1 Å². The number of urea groups is 1. The molecule has 282 valence electrons. The Balaban J connectivity index is 0.000000206. The molecule has 0 aliphatic carbocycles. The number of sulfonamides is 1. The van der Waals surface area contributed by atoms with E-state index in [1.807, 2.05) is 4.72 Å². The van der Waals surface area contributed by atoms with Crippen LogP contribution in [0.1, 0.15) is 34.6 Å². The molecule has 4 heterocycles. The van der Waals surface area contributed by atoms with Gasteiger partial charge in [0.05, 0.1) is 36.7 Å². The van der Waals surface area contributed by atoms with E-state index < -0.39 is 39.9 Å². The number of nitrogens with one attached hydrogen (secondary N) is 2. The number of halogens is 2. The van der Waals surface area contributed by atoms with Crippen LogP contribution in [-0.4, -0.2) is 77.9 Å². The van der Waals surface area contributed by atoms with Crippen molar-refractivity contribution >= 4 is 74.3 Å². The number of hydrogen-bond donors (Lipinski definition) is 2. The first-order valence-electron chi connectivity index (χ1n) is 15.8. The minimum absolute atomic E-state index is 0.0390. The van der Waals surface area contributed by atoms with Crippen LogP contribution in [0.5, 0.6) is 0 Å². The minimum atomic E-state index is -4.35. The van der Waals surface area contributed by atoms with Crippen molar-refractivity contribution in [2.24, 2.45) is 4.99 Å². The van der Waals surface area contributed by atoms with Gasteiger partial charge in [-0.3, -0.25) is 19.6 Å². The molecule has 2 aromatic carbocycles. The number of fused-ring (bicyclic) bond motifs is 1. The number of esters is 2. The van der Waals surface area contributed by atoms with Crippen LogP contribution < -0.4 is 19.7 Å². The van der Waals surface area contributed by atoms with Gasteiger partial charge in [-0.05, 0) is 68.4 Å². The molecule has 0 bridgehead atoms. The van der Waals surface area contributed by atoms with Crippen LogP contribution in [0.2, 0.25) is 5.02 Å². The number of hydrogen-bond acceptors (Lipinski definition) is 14. The summed E-state index contributed by atoms with van der Waals surface area (Å²) in [5.74, 6) is -1.77. The molecule has 0 unspecified atom stereocenters.